The van der Waals surface area contributed by atoms with Crippen LogP contribution in [0.2, 0.25) is 0 Å². The zero-order valence-electron chi connectivity index (χ0n) is 18.5. The van der Waals surface area contributed by atoms with E-state index in [1.807, 2.05) is 103 Å². The van der Waals surface area contributed by atoms with Gasteiger partial charge in [-0.3, -0.25) is 9.59 Å². The first-order valence-corrected chi connectivity index (χ1v) is 11.1. The summed E-state index contributed by atoms with van der Waals surface area (Å²) in [6.45, 7) is 0.251. The molecule has 0 bridgehead atoms. The van der Waals surface area contributed by atoms with Crippen LogP contribution in [0.15, 0.2) is 120 Å². The molecule has 0 spiro atoms. The Labute approximate surface area is 197 Å². The van der Waals surface area contributed by atoms with Crippen LogP contribution >= 0.6 is 0 Å². The molecule has 4 aromatic carbocycles. The highest BCUT2D eigenvalue weighted by molar-refractivity contribution is 5.96. The van der Waals surface area contributed by atoms with Gasteiger partial charge in [-0.15, -0.1) is 0 Å². The van der Waals surface area contributed by atoms with Crippen molar-refractivity contribution in [2.75, 3.05) is 4.90 Å². The first kappa shape index (κ1) is 21.3. The van der Waals surface area contributed by atoms with Gasteiger partial charge in [0.1, 0.15) is 6.54 Å². The SMILES string of the molecule is O=C(Cn1nc(-c2cccc3ccccc23)ccc1=O)N(Cc1ccccc1)c1ccccc1. The van der Waals surface area contributed by atoms with Crippen LogP contribution < -0.4 is 10.5 Å². The number of carbonyl (C=O) groups excluding carboxylic acids is 1. The first-order valence-electron chi connectivity index (χ1n) is 11.1. The molecular formula is C29H23N3O2. The second kappa shape index (κ2) is 9.55. The molecule has 166 valence electrons. The molecule has 5 heteroatoms. The Balaban J connectivity index is 1.49. The van der Waals surface area contributed by atoms with E-state index < -0.39 is 0 Å². The van der Waals surface area contributed by atoms with E-state index in [9.17, 15) is 9.59 Å². The summed E-state index contributed by atoms with van der Waals surface area (Å²) in [6, 6.07) is 36.5. The molecule has 1 amide bonds. The Kier molecular flexibility index (Phi) is 5.99. The minimum absolute atomic E-state index is 0.154. The van der Waals surface area contributed by atoms with Gasteiger partial charge in [0.2, 0.25) is 5.91 Å². The van der Waals surface area contributed by atoms with E-state index in [-0.39, 0.29) is 18.0 Å². The Morgan fingerprint density at radius 3 is 2.21 bits per heavy atom. The van der Waals surface area contributed by atoms with E-state index in [4.69, 9.17) is 0 Å². The quantitative estimate of drug-likeness (QED) is 0.357. The second-order valence-electron chi connectivity index (χ2n) is 8.04. The van der Waals surface area contributed by atoms with Gasteiger partial charge in [-0.25, -0.2) is 4.68 Å². The topological polar surface area (TPSA) is 55.2 Å². The molecule has 5 aromatic rings. The summed E-state index contributed by atoms with van der Waals surface area (Å²) < 4.78 is 1.25. The van der Waals surface area contributed by atoms with E-state index >= 15 is 0 Å². The molecule has 0 fully saturated rings. The number of benzene rings is 4. The number of hydrogen-bond acceptors (Lipinski definition) is 3. The molecule has 0 atom stereocenters. The summed E-state index contributed by atoms with van der Waals surface area (Å²) in [4.78, 5) is 27.8. The smallest absolute Gasteiger partial charge is 0.267 e. The molecule has 34 heavy (non-hydrogen) atoms. The molecular weight excluding hydrogens is 422 g/mol. The van der Waals surface area contributed by atoms with Gasteiger partial charge in [0.25, 0.3) is 5.56 Å². The van der Waals surface area contributed by atoms with Crippen molar-refractivity contribution < 1.29 is 4.79 Å². The number of rotatable bonds is 6. The average molecular weight is 446 g/mol. The molecule has 0 aliphatic heterocycles. The highest BCUT2D eigenvalue weighted by Crippen LogP contribution is 2.26. The molecule has 5 rings (SSSR count). The number of anilines is 1. The van der Waals surface area contributed by atoms with E-state index in [1.165, 1.54) is 10.7 Å². The fourth-order valence-corrected chi connectivity index (χ4v) is 4.07. The van der Waals surface area contributed by atoms with Crippen molar-refractivity contribution >= 4 is 22.4 Å². The maximum atomic E-state index is 13.5. The maximum Gasteiger partial charge on any atom is 0.267 e. The maximum absolute atomic E-state index is 13.5. The molecule has 1 aromatic heterocycles. The van der Waals surface area contributed by atoms with Gasteiger partial charge in [0.05, 0.1) is 12.2 Å². The second-order valence-corrected chi connectivity index (χ2v) is 8.04. The van der Waals surface area contributed by atoms with Gasteiger partial charge in [0.15, 0.2) is 0 Å². The summed E-state index contributed by atoms with van der Waals surface area (Å²) >= 11 is 0. The molecule has 0 saturated carbocycles. The number of carbonyl (C=O) groups is 1. The fourth-order valence-electron chi connectivity index (χ4n) is 4.07. The van der Waals surface area contributed by atoms with Gasteiger partial charge >= 0.3 is 0 Å². The first-order chi connectivity index (χ1) is 16.7. The third-order valence-corrected chi connectivity index (χ3v) is 5.77. The normalized spacial score (nSPS) is 10.8. The highest BCUT2D eigenvalue weighted by atomic mass is 16.2. The van der Waals surface area contributed by atoms with Gasteiger partial charge in [0, 0.05) is 17.3 Å². The van der Waals surface area contributed by atoms with Gasteiger partial charge < -0.3 is 4.90 Å². The zero-order chi connectivity index (χ0) is 23.3. The average Bonchev–Trinajstić information content (AvgIpc) is 2.89. The molecule has 0 unspecified atom stereocenters. The van der Waals surface area contributed by atoms with Gasteiger partial charge in [-0.1, -0.05) is 91.0 Å². The predicted octanol–water partition coefficient (Wildman–Crippen LogP) is 5.30. The summed E-state index contributed by atoms with van der Waals surface area (Å²) in [5.74, 6) is -0.209. The number of hydrogen-bond donors (Lipinski definition) is 0. The van der Waals surface area contributed by atoms with Crippen LogP contribution in [-0.4, -0.2) is 15.7 Å². The Morgan fingerprint density at radius 2 is 1.41 bits per heavy atom. The van der Waals surface area contributed by atoms with Crippen molar-refractivity contribution in [1.29, 1.82) is 0 Å². The highest BCUT2D eigenvalue weighted by Gasteiger charge is 2.18. The Bertz CT molecular complexity index is 1490. The Morgan fingerprint density at radius 1 is 0.735 bits per heavy atom. The molecule has 0 aliphatic rings. The monoisotopic (exact) mass is 445 g/mol. The lowest BCUT2D eigenvalue weighted by atomic mass is 10.0. The minimum Gasteiger partial charge on any atom is -0.306 e. The van der Waals surface area contributed by atoms with Crippen LogP contribution in [0.3, 0.4) is 0 Å². The molecule has 0 radical (unpaired) electrons. The van der Waals surface area contributed by atoms with Crippen molar-refractivity contribution in [2.24, 2.45) is 0 Å². The molecule has 5 nitrogen and oxygen atoms in total. The number of amides is 1. The summed E-state index contributed by atoms with van der Waals surface area (Å²) in [5, 5.41) is 6.71. The number of fused-ring (bicyclic) bond motifs is 1. The third kappa shape index (κ3) is 4.50. The molecule has 0 aliphatic carbocycles. The van der Waals surface area contributed by atoms with E-state index in [1.54, 1.807) is 11.0 Å². The molecule has 0 N–H and O–H groups in total. The fraction of sp³-hybridized carbons (Fsp3) is 0.0690. The van der Waals surface area contributed by atoms with Crippen molar-refractivity contribution in [1.82, 2.24) is 9.78 Å². The largest absolute Gasteiger partial charge is 0.306 e. The van der Waals surface area contributed by atoms with Crippen LogP contribution in [0.4, 0.5) is 5.69 Å². The Hall–Kier alpha value is -4.51. The standard InChI is InChI=1S/C29H23N3O2/c33-28-19-18-27(26-17-9-13-23-12-7-8-16-25(23)26)30-32(28)21-29(34)31(24-14-5-2-6-15-24)20-22-10-3-1-4-11-22/h1-19H,20-21H2. The van der Waals surface area contributed by atoms with E-state index in [0.717, 1.165) is 27.6 Å². The van der Waals surface area contributed by atoms with Crippen molar-refractivity contribution in [3.63, 3.8) is 0 Å². The minimum atomic E-state index is -0.315. The van der Waals surface area contributed by atoms with Crippen molar-refractivity contribution in [3.05, 3.63) is 131 Å². The number of nitrogens with zero attached hydrogens (tertiary/aromatic N) is 3. The van der Waals surface area contributed by atoms with Crippen molar-refractivity contribution in [3.8, 4) is 11.3 Å². The van der Waals surface area contributed by atoms with Crippen LogP contribution in [0, 0.1) is 0 Å². The lowest BCUT2D eigenvalue weighted by molar-refractivity contribution is -0.119. The lowest BCUT2D eigenvalue weighted by Crippen LogP contribution is -2.37. The predicted molar refractivity (Wildman–Crippen MR) is 136 cm³/mol. The van der Waals surface area contributed by atoms with Crippen molar-refractivity contribution in [2.45, 2.75) is 13.1 Å². The number of para-hydroxylation sites is 1. The van der Waals surface area contributed by atoms with Crippen LogP contribution in [0.1, 0.15) is 5.56 Å². The molecule has 0 saturated heterocycles. The lowest BCUT2D eigenvalue weighted by Gasteiger charge is -2.23. The van der Waals surface area contributed by atoms with E-state index in [0.29, 0.717) is 12.2 Å². The zero-order valence-corrected chi connectivity index (χ0v) is 18.5. The van der Waals surface area contributed by atoms with Crippen LogP contribution in [0.25, 0.3) is 22.0 Å². The summed E-state index contributed by atoms with van der Waals surface area (Å²) in [6.07, 6.45) is 0. The van der Waals surface area contributed by atoms with Gasteiger partial charge in [-0.2, -0.15) is 5.10 Å². The third-order valence-electron chi connectivity index (χ3n) is 5.77. The number of aromatic nitrogens is 2. The van der Waals surface area contributed by atoms with E-state index in [2.05, 4.69) is 5.10 Å². The summed E-state index contributed by atoms with van der Waals surface area (Å²) in [5.41, 5.74) is 3.03. The summed E-state index contributed by atoms with van der Waals surface area (Å²) in [7, 11) is 0. The van der Waals surface area contributed by atoms with Gasteiger partial charge in [-0.05, 0) is 34.5 Å². The van der Waals surface area contributed by atoms with Crippen LogP contribution in [-0.2, 0) is 17.9 Å². The van der Waals surface area contributed by atoms with Crippen LogP contribution in [0.5, 0.6) is 0 Å². The molecule has 1 heterocycles.